The van der Waals surface area contributed by atoms with Gasteiger partial charge >= 0.3 is 0 Å². The standard InChI is InChI=1S/C20H29N9O/c1-28-20-19(23-5-6-24-20)18(27-28)15-3-9-29(10-4-15)11-7-21-16-13-17(26-14-25-16)22-8-12-30-2/h5-6,13-15H,3-4,7-12H2,1-2H3,(H2,21,22,25,26). The summed E-state index contributed by atoms with van der Waals surface area (Å²) in [7, 11) is 3.62. The maximum absolute atomic E-state index is 5.05. The molecule has 0 amide bonds. The Labute approximate surface area is 176 Å². The Morgan fingerprint density at radius 3 is 2.53 bits per heavy atom. The number of ether oxygens (including phenoxy) is 1. The number of nitrogens with zero attached hydrogens (tertiary/aromatic N) is 7. The van der Waals surface area contributed by atoms with Crippen LogP contribution < -0.4 is 10.6 Å². The third-order valence-electron chi connectivity index (χ3n) is 5.47. The van der Waals surface area contributed by atoms with Crippen LogP contribution in [0.5, 0.6) is 0 Å². The van der Waals surface area contributed by atoms with Crippen LogP contribution in [0.25, 0.3) is 11.2 Å². The zero-order chi connectivity index (χ0) is 20.8. The molecule has 10 nitrogen and oxygen atoms in total. The van der Waals surface area contributed by atoms with Crippen LogP contribution in [0, 0.1) is 0 Å². The van der Waals surface area contributed by atoms with E-state index < -0.39 is 0 Å². The maximum Gasteiger partial charge on any atom is 0.176 e. The Balaban J connectivity index is 1.24. The van der Waals surface area contributed by atoms with Gasteiger partial charge in [0.05, 0.1) is 12.3 Å². The van der Waals surface area contributed by atoms with Gasteiger partial charge in [0.1, 0.15) is 23.5 Å². The normalized spacial score (nSPS) is 15.5. The van der Waals surface area contributed by atoms with Crippen molar-refractivity contribution in [3.8, 4) is 0 Å². The van der Waals surface area contributed by atoms with Crippen molar-refractivity contribution in [3.63, 3.8) is 0 Å². The molecule has 0 aliphatic carbocycles. The predicted molar refractivity (Wildman–Crippen MR) is 116 cm³/mol. The molecule has 160 valence electrons. The van der Waals surface area contributed by atoms with Gasteiger partial charge in [-0.15, -0.1) is 0 Å². The molecule has 0 unspecified atom stereocenters. The van der Waals surface area contributed by atoms with Gasteiger partial charge in [-0.2, -0.15) is 5.10 Å². The van der Waals surface area contributed by atoms with Crippen LogP contribution in [0.4, 0.5) is 11.6 Å². The lowest BCUT2D eigenvalue weighted by Crippen LogP contribution is -2.36. The van der Waals surface area contributed by atoms with E-state index in [0.717, 1.165) is 74.1 Å². The van der Waals surface area contributed by atoms with E-state index in [-0.39, 0.29) is 0 Å². The smallest absolute Gasteiger partial charge is 0.176 e. The molecule has 1 aliphatic heterocycles. The summed E-state index contributed by atoms with van der Waals surface area (Å²) in [5, 5.41) is 11.3. The number of hydrogen-bond acceptors (Lipinski definition) is 9. The number of nitrogens with one attached hydrogen (secondary N) is 2. The van der Waals surface area contributed by atoms with Gasteiger partial charge in [0.2, 0.25) is 0 Å². The largest absolute Gasteiger partial charge is 0.383 e. The van der Waals surface area contributed by atoms with Crippen molar-refractivity contribution in [2.24, 2.45) is 7.05 Å². The third kappa shape index (κ3) is 4.82. The summed E-state index contributed by atoms with van der Waals surface area (Å²) in [4.78, 5) is 19.9. The molecular formula is C20H29N9O. The van der Waals surface area contributed by atoms with Gasteiger partial charge in [-0.05, 0) is 25.9 Å². The summed E-state index contributed by atoms with van der Waals surface area (Å²) >= 11 is 0. The second kappa shape index (κ2) is 9.77. The third-order valence-corrected chi connectivity index (χ3v) is 5.47. The summed E-state index contributed by atoms with van der Waals surface area (Å²) in [6.45, 7) is 5.29. The van der Waals surface area contributed by atoms with Crippen LogP contribution in [-0.2, 0) is 11.8 Å². The first kappa shape index (κ1) is 20.4. The topological polar surface area (TPSA) is 106 Å². The average Bonchev–Trinajstić information content (AvgIpc) is 3.12. The van der Waals surface area contributed by atoms with Crippen LogP contribution in [-0.4, -0.2) is 81.1 Å². The number of aromatic nitrogens is 6. The van der Waals surface area contributed by atoms with Crippen LogP contribution in [0.15, 0.2) is 24.8 Å². The van der Waals surface area contributed by atoms with Crippen LogP contribution in [0.1, 0.15) is 24.5 Å². The Kier molecular flexibility index (Phi) is 6.65. The molecule has 2 N–H and O–H groups in total. The number of aryl methyl sites for hydroxylation is 1. The van der Waals surface area contributed by atoms with Crippen molar-refractivity contribution in [1.29, 1.82) is 0 Å². The highest BCUT2D eigenvalue weighted by Gasteiger charge is 2.25. The lowest BCUT2D eigenvalue weighted by Gasteiger charge is -2.31. The molecule has 10 heteroatoms. The van der Waals surface area contributed by atoms with Gasteiger partial charge in [0.25, 0.3) is 0 Å². The average molecular weight is 412 g/mol. The lowest BCUT2D eigenvalue weighted by molar-refractivity contribution is 0.210. The number of methoxy groups -OCH3 is 1. The van der Waals surface area contributed by atoms with Crippen molar-refractivity contribution >= 4 is 22.8 Å². The van der Waals surface area contributed by atoms with Crippen LogP contribution >= 0.6 is 0 Å². The summed E-state index contributed by atoms with van der Waals surface area (Å²) in [5.74, 6) is 2.08. The minimum absolute atomic E-state index is 0.442. The predicted octanol–water partition coefficient (Wildman–Crippen LogP) is 1.50. The molecule has 0 spiro atoms. The fourth-order valence-corrected chi connectivity index (χ4v) is 3.88. The molecule has 4 rings (SSSR count). The highest BCUT2D eigenvalue weighted by molar-refractivity contribution is 5.73. The molecule has 1 aliphatic rings. The van der Waals surface area contributed by atoms with E-state index in [1.54, 1.807) is 25.8 Å². The molecule has 0 bridgehead atoms. The Hall–Kier alpha value is -2.85. The number of likely N-dealkylation sites (tertiary alicyclic amines) is 1. The molecule has 1 saturated heterocycles. The monoisotopic (exact) mass is 411 g/mol. The molecule has 3 aromatic heterocycles. The van der Waals surface area contributed by atoms with Gasteiger partial charge < -0.3 is 20.3 Å². The van der Waals surface area contributed by atoms with E-state index >= 15 is 0 Å². The fraction of sp³-hybridized carbons (Fsp3) is 0.550. The molecular weight excluding hydrogens is 382 g/mol. The molecule has 0 atom stereocenters. The van der Waals surface area contributed by atoms with E-state index in [9.17, 15) is 0 Å². The van der Waals surface area contributed by atoms with E-state index in [4.69, 9.17) is 9.84 Å². The van der Waals surface area contributed by atoms with Crippen molar-refractivity contribution in [3.05, 3.63) is 30.5 Å². The summed E-state index contributed by atoms with van der Waals surface area (Å²) in [6, 6.07) is 1.93. The van der Waals surface area contributed by atoms with Crippen LogP contribution in [0.3, 0.4) is 0 Å². The second-order valence-electron chi connectivity index (χ2n) is 7.49. The minimum atomic E-state index is 0.442. The highest BCUT2D eigenvalue weighted by atomic mass is 16.5. The van der Waals surface area contributed by atoms with Gasteiger partial charge in [-0.3, -0.25) is 0 Å². The Morgan fingerprint density at radius 1 is 1.03 bits per heavy atom. The lowest BCUT2D eigenvalue weighted by atomic mass is 9.93. The van der Waals surface area contributed by atoms with Crippen molar-refractivity contribution in [1.82, 2.24) is 34.6 Å². The van der Waals surface area contributed by atoms with Gasteiger partial charge in [0, 0.05) is 58.2 Å². The van der Waals surface area contributed by atoms with E-state index in [2.05, 4.69) is 35.5 Å². The van der Waals surface area contributed by atoms with Gasteiger partial charge in [0.15, 0.2) is 5.65 Å². The zero-order valence-electron chi connectivity index (χ0n) is 17.6. The first-order valence-corrected chi connectivity index (χ1v) is 10.4. The van der Waals surface area contributed by atoms with Gasteiger partial charge in [-0.25, -0.2) is 24.6 Å². The van der Waals surface area contributed by atoms with E-state index in [1.165, 1.54) is 0 Å². The Morgan fingerprint density at radius 2 is 1.77 bits per heavy atom. The maximum atomic E-state index is 5.05. The Bertz CT molecular complexity index is 952. The van der Waals surface area contributed by atoms with E-state index in [0.29, 0.717) is 12.5 Å². The molecule has 4 heterocycles. The highest BCUT2D eigenvalue weighted by Crippen LogP contribution is 2.30. The fourth-order valence-electron chi connectivity index (χ4n) is 3.88. The second-order valence-corrected chi connectivity index (χ2v) is 7.49. The first-order valence-electron chi connectivity index (χ1n) is 10.4. The number of fused-ring (bicyclic) bond motifs is 1. The molecule has 3 aromatic rings. The van der Waals surface area contributed by atoms with Crippen LogP contribution in [0.2, 0.25) is 0 Å². The molecule has 1 fully saturated rings. The number of anilines is 2. The first-order chi connectivity index (χ1) is 14.7. The van der Waals surface area contributed by atoms with Gasteiger partial charge in [-0.1, -0.05) is 0 Å². The summed E-state index contributed by atoms with van der Waals surface area (Å²) in [6.07, 6.45) is 7.22. The van der Waals surface area contributed by atoms with Crippen molar-refractivity contribution < 1.29 is 4.74 Å². The molecule has 0 aromatic carbocycles. The minimum Gasteiger partial charge on any atom is -0.383 e. The molecule has 30 heavy (non-hydrogen) atoms. The summed E-state index contributed by atoms with van der Waals surface area (Å²) < 4.78 is 6.89. The quantitative estimate of drug-likeness (QED) is 0.507. The number of rotatable bonds is 9. The molecule has 0 radical (unpaired) electrons. The van der Waals surface area contributed by atoms with Crippen molar-refractivity contribution in [2.45, 2.75) is 18.8 Å². The van der Waals surface area contributed by atoms with Crippen molar-refractivity contribution in [2.75, 3.05) is 57.1 Å². The number of piperidine rings is 1. The molecule has 0 saturated carbocycles. The zero-order valence-corrected chi connectivity index (χ0v) is 17.6. The SMILES string of the molecule is COCCNc1cc(NCCN2CCC(c3nn(C)c4nccnc34)CC2)ncn1. The number of hydrogen-bond donors (Lipinski definition) is 2. The summed E-state index contributed by atoms with van der Waals surface area (Å²) in [5.41, 5.74) is 2.90. The van der Waals surface area contributed by atoms with E-state index in [1.807, 2.05) is 17.8 Å².